The van der Waals surface area contributed by atoms with Crippen LogP contribution < -0.4 is 9.04 Å². The van der Waals surface area contributed by atoms with Crippen molar-refractivity contribution in [2.75, 3.05) is 24.6 Å². The number of rotatable bonds is 7. The highest BCUT2D eigenvalue weighted by atomic mass is 35.5. The van der Waals surface area contributed by atoms with E-state index in [2.05, 4.69) is 4.74 Å². The van der Waals surface area contributed by atoms with E-state index in [-0.39, 0.29) is 20.6 Å². The van der Waals surface area contributed by atoms with Crippen molar-refractivity contribution >= 4 is 44.9 Å². The minimum absolute atomic E-state index is 0.00377. The highest BCUT2D eigenvalue weighted by Crippen LogP contribution is 2.31. The van der Waals surface area contributed by atoms with Crippen LogP contribution in [0.5, 0.6) is 5.75 Å². The first kappa shape index (κ1) is 20.4. The molecule has 26 heavy (non-hydrogen) atoms. The summed E-state index contributed by atoms with van der Waals surface area (Å²) in [5.74, 6) is -0.175. The molecule has 9 heteroatoms. The van der Waals surface area contributed by atoms with Gasteiger partial charge in [-0.1, -0.05) is 23.2 Å². The molecule has 0 aliphatic heterocycles. The molecule has 0 heterocycles. The Hall–Kier alpha value is -1.96. The molecule has 0 saturated heterocycles. The number of anilines is 1. The number of sulfonamides is 1. The van der Waals surface area contributed by atoms with Crippen LogP contribution in [0.2, 0.25) is 10.0 Å². The molecule has 0 atom stereocenters. The molecule has 0 N–H and O–H groups in total. The maximum atomic E-state index is 13.1. The van der Waals surface area contributed by atoms with Crippen molar-refractivity contribution < 1.29 is 22.7 Å². The van der Waals surface area contributed by atoms with Gasteiger partial charge in [0.25, 0.3) is 10.0 Å². The second-order valence-corrected chi connectivity index (χ2v) is 7.77. The van der Waals surface area contributed by atoms with Crippen LogP contribution in [0.15, 0.2) is 47.4 Å². The predicted molar refractivity (Wildman–Crippen MR) is 101 cm³/mol. The smallest absolute Gasteiger partial charge is 0.326 e. The molecule has 0 amide bonds. The molecule has 2 aromatic rings. The largest absolute Gasteiger partial charge is 0.494 e. The standard InChI is InChI=1S/C17H17Cl2NO5S/c1-3-25-13-5-7-14(8-6-13)26(22,23)20(11-17(21)24-2)12-4-9-15(18)16(19)10-12/h4-10H,3,11H2,1-2H3. The Bertz CT molecular complexity index is 885. The van der Waals surface area contributed by atoms with Gasteiger partial charge in [-0.05, 0) is 49.4 Å². The first-order chi connectivity index (χ1) is 12.3. The lowest BCUT2D eigenvalue weighted by Crippen LogP contribution is -2.36. The lowest BCUT2D eigenvalue weighted by molar-refractivity contribution is -0.138. The van der Waals surface area contributed by atoms with E-state index in [0.29, 0.717) is 12.4 Å². The highest BCUT2D eigenvalue weighted by molar-refractivity contribution is 7.92. The molecule has 0 fully saturated rings. The van der Waals surface area contributed by atoms with Gasteiger partial charge in [0.05, 0.1) is 34.3 Å². The van der Waals surface area contributed by atoms with Crippen molar-refractivity contribution in [3.8, 4) is 5.75 Å². The van der Waals surface area contributed by atoms with Crippen LogP contribution in [-0.4, -0.2) is 34.6 Å². The van der Waals surface area contributed by atoms with Crippen molar-refractivity contribution in [2.45, 2.75) is 11.8 Å². The zero-order valence-corrected chi connectivity index (χ0v) is 16.4. The molecule has 0 saturated carbocycles. The molecule has 0 spiro atoms. The minimum atomic E-state index is -4.05. The molecule has 0 aromatic heterocycles. The second-order valence-electron chi connectivity index (χ2n) is 5.09. The number of esters is 1. The first-order valence-corrected chi connectivity index (χ1v) is 9.76. The summed E-state index contributed by atoms with van der Waals surface area (Å²) < 4.78 is 36.9. The zero-order valence-electron chi connectivity index (χ0n) is 14.1. The van der Waals surface area contributed by atoms with Crippen molar-refractivity contribution in [1.29, 1.82) is 0 Å². The van der Waals surface area contributed by atoms with Crippen molar-refractivity contribution in [1.82, 2.24) is 0 Å². The lowest BCUT2D eigenvalue weighted by Gasteiger charge is -2.23. The van der Waals surface area contributed by atoms with Crippen molar-refractivity contribution in [3.63, 3.8) is 0 Å². The van der Waals surface area contributed by atoms with Crippen LogP contribution in [0.25, 0.3) is 0 Å². The van der Waals surface area contributed by atoms with Crippen LogP contribution in [0, 0.1) is 0 Å². The summed E-state index contributed by atoms with van der Waals surface area (Å²) in [6.07, 6.45) is 0. The molecule has 2 rings (SSSR count). The molecule has 0 aliphatic rings. The summed E-state index contributed by atoms with van der Waals surface area (Å²) in [5, 5.41) is 0.438. The Labute approximate surface area is 162 Å². The van der Waals surface area contributed by atoms with E-state index in [1.807, 2.05) is 6.92 Å². The van der Waals surface area contributed by atoms with Gasteiger partial charge < -0.3 is 9.47 Å². The molecule has 0 bridgehead atoms. The van der Waals surface area contributed by atoms with Gasteiger partial charge in [0.1, 0.15) is 12.3 Å². The minimum Gasteiger partial charge on any atom is -0.494 e. The summed E-state index contributed by atoms with van der Waals surface area (Å²) in [6.45, 7) is 1.78. The van der Waals surface area contributed by atoms with Crippen molar-refractivity contribution in [3.05, 3.63) is 52.5 Å². The monoisotopic (exact) mass is 417 g/mol. The van der Waals surface area contributed by atoms with E-state index >= 15 is 0 Å². The number of benzene rings is 2. The third-order valence-electron chi connectivity index (χ3n) is 3.41. The SMILES string of the molecule is CCOc1ccc(S(=O)(=O)N(CC(=O)OC)c2ccc(Cl)c(Cl)c2)cc1. The Morgan fingerprint density at radius 3 is 2.27 bits per heavy atom. The Kier molecular flexibility index (Phi) is 6.75. The molecule has 6 nitrogen and oxygen atoms in total. The maximum Gasteiger partial charge on any atom is 0.326 e. The zero-order chi connectivity index (χ0) is 19.3. The number of halogens is 2. The third-order valence-corrected chi connectivity index (χ3v) is 5.94. The summed E-state index contributed by atoms with van der Waals surface area (Å²) in [4.78, 5) is 11.8. The number of hydrogen-bond donors (Lipinski definition) is 0. The Balaban J connectivity index is 2.48. The number of carbonyl (C=O) groups excluding carboxylic acids is 1. The fraction of sp³-hybridized carbons (Fsp3) is 0.235. The van der Waals surface area contributed by atoms with Gasteiger partial charge in [-0.15, -0.1) is 0 Å². The van der Waals surface area contributed by atoms with Crippen LogP contribution in [0.3, 0.4) is 0 Å². The fourth-order valence-corrected chi connectivity index (χ4v) is 3.83. The van der Waals surface area contributed by atoms with Crippen LogP contribution in [0.4, 0.5) is 5.69 Å². The molecule has 140 valence electrons. The van der Waals surface area contributed by atoms with Gasteiger partial charge in [-0.25, -0.2) is 8.42 Å². The van der Waals surface area contributed by atoms with E-state index in [4.69, 9.17) is 27.9 Å². The Morgan fingerprint density at radius 1 is 1.08 bits per heavy atom. The maximum absolute atomic E-state index is 13.1. The molecular formula is C17H17Cl2NO5S. The van der Waals surface area contributed by atoms with Crippen LogP contribution in [-0.2, 0) is 19.6 Å². The predicted octanol–water partition coefficient (Wildman–Crippen LogP) is 3.76. The summed E-state index contributed by atoms with van der Waals surface area (Å²) in [6, 6.07) is 10.2. The van der Waals surface area contributed by atoms with E-state index in [9.17, 15) is 13.2 Å². The number of methoxy groups -OCH3 is 1. The number of nitrogens with zero attached hydrogens (tertiary/aromatic N) is 1. The average Bonchev–Trinajstić information content (AvgIpc) is 2.62. The van der Waals surface area contributed by atoms with Gasteiger partial charge in [0.2, 0.25) is 0 Å². The highest BCUT2D eigenvalue weighted by Gasteiger charge is 2.28. The fourth-order valence-electron chi connectivity index (χ4n) is 2.14. The van der Waals surface area contributed by atoms with Crippen LogP contribution >= 0.6 is 23.2 Å². The van der Waals surface area contributed by atoms with Gasteiger partial charge in [0.15, 0.2) is 0 Å². The van der Waals surface area contributed by atoms with E-state index in [1.165, 1.54) is 37.4 Å². The van der Waals surface area contributed by atoms with Crippen molar-refractivity contribution in [2.24, 2.45) is 0 Å². The van der Waals surface area contributed by atoms with Gasteiger partial charge >= 0.3 is 5.97 Å². The normalized spacial score (nSPS) is 11.1. The second kappa shape index (κ2) is 8.62. The average molecular weight is 418 g/mol. The summed E-state index contributed by atoms with van der Waals surface area (Å²) >= 11 is 11.9. The quantitative estimate of drug-likeness (QED) is 0.641. The molecule has 0 aliphatic carbocycles. The molecule has 0 unspecified atom stereocenters. The number of ether oxygens (including phenoxy) is 2. The lowest BCUT2D eigenvalue weighted by atomic mass is 10.3. The van der Waals surface area contributed by atoms with E-state index < -0.39 is 22.5 Å². The van der Waals surface area contributed by atoms with E-state index in [0.717, 1.165) is 4.31 Å². The van der Waals surface area contributed by atoms with Gasteiger partial charge in [0, 0.05) is 0 Å². The van der Waals surface area contributed by atoms with E-state index in [1.54, 1.807) is 12.1 Å². The number of carbonyl (C=O) groups is 1. The Morgan fingerprint density at radius 2 is 1.73 bits per heavy atom. The van der Waals surface area contributed by atoms with Gasteiger partial charge in [-0.2, -0.15) is 0 Å². The topological polar surface area (TPSA) is 72.9 Å². The summed E-state index contributed by atoms with van der Waals surface area (Å²) in [7, 11) is -2.87. The molecular weight excluding hydrogens is 401 g/mol. The molecule has 2 aromatic carbocycles. The van der Waals surface area contributed by atoms with Gasteiger partial charge in [-0.3, -0.25) is 9.10 Å². The van der Waals surface area contributed by atoms with Crippen LogP contribution in [0.1, 0.15) is 6.92 Å². The number of hydrogen-bond acceptors (Lipinski definition) is 5. The summed E-state index contributed by atoms with van der Waals surface area (Å²) in [5.41, 5.74) is 0.193. The first-order valence-electron chi connectivity index (χ1n) is 7.57. The third kappa shape index (κ3) is 4.60. The molecule has 0 radical (unpaired) electrons.